The van der Waals surface area contributed by atoms with Gasteiger partial charge in [-0.15, -0.1) is 0 Å². The molecule has 1 saturated carbocycles. The zero-order chi connectivity index (χ0) is 13.5. The topological polar surface area (TPSA) is 53.1 Å². The Morgan fingerprint density at radius 3 is 2.79 bits per heavy atom. The summed E-state index contributed by atoms with van der Waals surface area (Å²) in [6.07, 6.45) is 4.55. The zero-order valence-electron chi connectivity index (χ0n) is 11.3. The summed E-state index contributed by atoms with van der Waals surface area (Å²) in [7, 11) is 4.07. The number of hydrogen-bond acceptors (Lipinski definition) is 4. The van der Waals surface area contributed by atoms with Crippen LogP contribution in [0.5, 0.6) is 0 Å². The van der Waals surface area contributed by atoms with Gasteiger partial charge in [-0.25, -0.2) is 4.98 Å². The monoisotopic (exact) mass is 255 g/mol. The van der Waals surface area contributed by atoms with Crippen molar-refractivity contribution in [2.24, 2.45) is 5.41 Å². The van der Waals surface area contributed by atoms with Crippen molar-refractivity contribution in [2.75, 3.05) is 14.1 Å². The quantitative estimate of drug-likeness (QED) is 0.845. The lowest BCUT2D eigenvalue weighted by Crippen LogP contribution is -2.41. The number of nitrogens with zero attached hydrogens (tertiary/aromatic N) is 3. The number of nitriles is 1. The van der Waals surface area contributed by atoms with Gasteiger partial charge in [0.25, 0.3) is 0 Å². The summed E-state index contributed by atoms with van der Waals surface area (Å²) in [4.78, 5) is 6.27. The van der Waals surface area contributed by atoms with E-state index < -0.39 is 0 Å². The molecule has 1 aliphatic rings. The molecule has 19 heavy (non-hydrogen) atoms. The Morgan fingerprint density at radius 2 is 2.21 bits per heavy atom. The van der Waals surface area contributed by atoms with Gasteiger partial charge in [0.2, 0.25) is 0 Å². The van der Waals surface area contributed by atoms with Crippen molar-refractivity contribution in [1.29, 1.82) is 5.26 Å². The third-order valence-corrected chi connectivity index (χ3v) is 4.18. The summed E-state index contributed by atoms with van der Waals surface area (Å²) in [6.45, 7) is 0. The molecule has 1 unspecified atom stereocenters. The zero-order valence-corrected chi connectivity index (χ0v) is 11.3. The van der Waals surface area contributed by atoms with Gasteiger partial charge < -0.3 is 9.32 Å². The van der Waals surface area contributed by atoms with Crippen LogP contribution in [0.15, 0.2) is 29.0 Å². The third kappa shape index (κ3) is 1.82. The first-order valence-corrected chi connectivity index (χ1v) is 6.57. The Bertz CT molecular complexity index is 634. The minimum absolute atomic E-state index is 0.112. The molecule has 0 N–H and O–H groups in total. The van der Waals surface area contributed by atoms with Crippen LogP contribution < -0.4 is 0 Å². The number of aromatic nitrogens is 1. The third-order valence-electron chi connectivity index (χ3n) is 4.18. The molecule has 98 valence electrons. The molecule has 2 aromatic rings. The highest BCUT2D eigenvalue weighted by Gasteiger charge is 2.46. The lowest BCUT2D eigenvalue weighted by atomic mass is 9.63. The predicted molar refractivity (Wildman–Crippen MR) is 72.3 cm³/mol. The van der Waals surface area contributed by atoms with Crippen LogP contribution in [0.25, 0.3) is 11.1 Å². The molecule has 0 radical (unpaired) electrons. The first kappa shape index (κ1) is 12.2. The van der Waals surface area contributed by atoms with E-state index in [1.807, 2.05) is 26.2 Å². The highest BCUT2D eigenvalue weighted by Crippen LogP contribution is 2.51. The van der Waals surface area contributed by atoms with E-state index in [-0.39, 0.29) is 11.5 Å². The summed E-state index contributed by atoms with van der Waals surface area (Å²) < 4.78 is 5.37. The molecule has 0 saturated heterocycles. The van der Waals surface area contributed by atoms with Gasteiger partial charge in [0, 0.05) is 0 Å². The molecule has 4 heteroatoms. The van der Waals surface area contributed by atoms with Crippen molar-refractivity contribution in [1.82, 2.24) is 9.88 Å². The van der Waals surface area contributed by atoms with E-state index in [1.165, 1.54) is 6.39 Å². The predicted octanol–water partition coefficient (Wildman–Crippen LogP) is 3.12. The second kappa shape index (κ2) is 4.36. The standard InChI is InChI=1S/C15H17N3O/c1-18(2)14(15(9-16)6-3-7-15)11-4-5-12-13(8-11)19-10-17-12/h4-5,8,10,14H,3,6-7H2,1-2H3. The fourth-order valence-electron chi connectivity index (χ4n) is 3.16. The van der Waals surface area contributed by atoms with E-state index in [9.17, 15) is 5.26 Å². The summed E-state index contributed by atoms with van der Waals surface area (Å²) in [5.74, 6) is 0. The molecular formula is C15H17N3O. The Morgan fingerprint density at radius 1 is 1.42 bits per heavy atom. The second-order valence-electron chi connectivity index (χ2n) is 5.57. The Kier molecular flexibility index (Phi) is 2.79. The summed E-state index contributed by atoms with van der Waals surface area (Å²) >= 11 is 0. The van der Waals surface area contributed by atoms with Crippen molar-refractivity contribution in [3.05, 3.63) is 30.2 Å². The maximum absolute atomic E-state index is 9.58. The normalized spacial score (nSPS) is 19.1. The molecule has 1 heterocycles. The minimum Gasteiger partial charge on any atom is -0.443 e. The number of rotatable bonds is 3. The smallest absolute Gasteiger partial charge is 0.181 e. The lowest BCUT2D eigenvalue weighted by Gasteiger charge is -2.45. The van der Waals surface area contributed by atoms with Gasteiger partial charge in [-0.05, 0) is 44.6 Å². The first-order valence-electron chi connectivity index (χ1n) is 6.57. The van der Waals surface area contributed by atoms with Crippen LogP contribution in [0.3, 0.4) is 0 Å². The average molecular weight is 255 g/mol. The van der Waals surface area contributed by atoms with Gasteiger partial charge in [0.05, 0.1) is 17.5 Å². The summed E-state index contributed by atoms with van der Waals surface area (Å²) in [5, 5.41) is 9.58. The fraction of sp³-hybridized carbons (Fsp3) is 0.467. The van der Waals surface area contributed by atoms with Gasteiger partial charge >= 0.3 is 0 Å². The number of benzene rings is 1. The van der Waals surface area contributed by atoms with Crippen LogP contribution in [0.2, 0.25) is 0 Å². The molecular weight excluding hydrogens is 238 g/mol. The molecule has 1 fully saturated rings. The minimum atomic E-state index is -0.253. The van der Waals surface area contributed by atoms with E-state index in [0.717, 1.165) is 35.9 Å². The van der Waals surface area contributed by atoms with Crippen LogP contribution in [-0.2, 0) is 0 Å². The van der Waals surface area contributed by atoms with E-state index >= 15 is 0 Å². The molecule has 0 bridgehead atoms. The van der Waals surface area contributed by atoms with Gasteiger partial charge in [-0.3, -0.25) is 0 Å². The largest absolute Gasteiger partial charge is 0.443 e. The number of oxazole rings is 1. The lowest BCUT2D eigenvalue weighted by molar-refractivity contribution is 0.0749. The van der Waals surface area contributed by atoms with Crippen LogP contribution in [-0.4, -0.2) is 24.0 Å². The van der Waals surface area contributed by atoms with Crippen molar-refractivity contribution in [3.63, 3.8) is 0 Å². The van der Waals surface area contributed by atoms with Gasteiger partial charge in [-0.1, -0.05) is 12.5 Å². The first-order chi connectivity index (χ1) is 9.16. The average Bonchev–Trinajstić information content (AvgIpc) is 2.80. The Labute approximate surface area is 112 Å². The molecule has 1 atom stereocenters. The van der Waals surface area contributed by atoms with Crippen LogP contribution in [0.4, 0.5) is 0 Å². The van der Waals surface area contributed by atoms with Crippen LogP contribution in [0.1, 0.15) is 30.9 Å². The molecule has 0 aliphatic heterocycles. The molecule has 1 aromatic carbocycles. The van der Waals surface area contributed by atoms with E-state index in [4.69, 9.17) is 4.42 Å². The summed E-state index contributed by atoms with van der Waals surface area (Å²) in [6, 6.07) is 8.71. The molecule has 3 rings (SSSR count). The van der Waals surface area contributed by atoms with E-state index in [2.05, 4.69) is 22.0 Å². The molecule has 1 aromatic heterocycles. The molecule has 4 nitrogen and oxygen atoms in total. The van der Waals surface area contributed by atoms with E-state index in [1.54, 1.807) is 0 Å². The molecule has 0 spiro atoms. The Balaban J connectivity index is 2.07. The summed E-state index contributed by atoms with van der Waals surface area (Å²) in [5.41, 5.74) is 2.53. The van der Waals surface area contributed by atoms with E-state index in [0.29, 0.717) is 0 Å². The maximum atomic E-state index is 9.58. The fourth-order valence-corrected chi connectivity index (χ4v) is 3.16. The molecule has 0 amide bonds. The number of hydrogen-bond donors (Lipinski definition) is 0. The van der Waals surface area contributed by atoms with Crippen molar-refractivity contribution in [3.8, 4) is 6.07 Å². The van der Waals surface area contributed by atoms with Crippen LogP contribution >= 0.6 is 0 Å². The van der Waals surface area contributed by atoms with Crippen molar-refractivity contribution >= 4 is 11.1 Å². The van der Waals surface area contributed by atoms with Crippen molar-refractivity contribution < 1.29 is 4.42 Å². The maximum Gasteiger partial charge on any atom is 0.181 e. The van der Waals surface area contributed by atoms with Gasteiger partial charge in [-0.2, -0.15) is 5.26 Å². The molecule has 1 aliphatic carbocycles. The second-order valence-corrected chi connectivity index (χ2v) is 5.57. The highest BCUT2D eigenvalue weighted by atomic mass is 16.3. The number of fused-ring (bicyclic) bond motifs is 1. The Hall–Kier alpha value is -1.86. The SMILES string of the molecule is CN(C)C(c1ccc2ncoc2c1)C1(C#N)CCC1. The van der Waals surface area contributed by atoms with Crippen molar-refractivity contribution in [2.45, 2.75) is 25.3 Å². The van der Waals surface area contributed by atoms with Gasteiger partial charge in [0.1, 0.15) is 5.52 Å². The van der Waals surface area contributed by atoms with Gasteiger partial charge in [0.15, 0.2) is 12.0 Å². The van der Waals surface area contributed by atoms with Crippen LogP contribution in [0, 0.1) is 16.7 Å². The highest BCUT2D eigenvalue weighted by molar-refractivity contribution is 5.73.